The lowest BCUT2D eigenvalue weighted by molar-refractivity contribution is -0.122. The van der Waals surface area contributed by atoms with E-state index in [-0.39, 0.29) is 17.6 Å². The van der Waals surface area contributed by atoms with Crippen molar-refractivity contribution < 1.29 is 9.18 Å². The Hall–Kier alpha value is -2.11. The predicted molar refractivity (Wildman–Crippen MR) is 74.6 cm³/mol. The van der Waals surface area contributed by atoms with E-state index in [4.69, 9.17) is 5.73 Å². The number of fused-ring (bicyclic) bond motifs is 1. The van der Waals surface area contributed by atoms with Crippen molar-refractivity contribution in [1.82, 2.24) is 14.9 Å². The van der Waals surface area contributed by atoms with Gasteiger partial charge in [-0.3, -0.25) is 4.79 Å². The Morgan fingerprint density at radius 1 is 1.55 bits per heavy atom. The second kappa shape index (κ2) is 4.77. The highest BCUT2D eigenvalue weighted by atomic mass is 19.1. The number of imidazole rings is 1. The van der Waals surface area contributed by atoms with Crippen LogP contribution >= 0.6 is 0 Å². The maximum absolute atomic E-state index is 13.5. The number of aryl methyl sites for hydroxylation is 1. The summed E-state index contributed by atoms with van der Waals surface area (Å²) in [4.78, 5) is 15.7. The van der Waals surface area contributed by atoms with Crippen LogP contribution < -0.4 is 11.1 Å². The Bertz CT molecular complexity index is 675. The summed E-state index contributed by atoms with van der Waals surface area (Å²) in [6.45, 7) is 2.74. The van der Waals surface area contributed by atoms with Gasteiger partial charge in [0.25, 0.3) is 0 Å². The number of nitrogens with one attached hydrogen (secondary N) is 1. The average Bonchev–Trinajstić information content (AvgIpc) is 3.19. The summed E-state index contributed by atoms with van der Waals surface area (Å²) >= 11 is 0. The zero-order valence-corrected chi connectivity index (χ0v) is 11.3. The van der Waals surface area contributed by atoms with E-state index in [0.717, 1.165) is 18.4 Å². The molecule has 3 rings (SSSR count). The summed E-state index contributed by atoms with van der Waals surface area (Å²) in [5.74, 6) is 0.355. The molecule has 0 saturated heterocycles. The van der Waals surface area contributed by atoms with Crippen molar-refractivity contribution in [2.24, 2.45) is 5.92 Å². The number of carbonyl (C=O) groups is 1. The van der Waals surface area contributed by atoms with E-state index in [2.05, 4.69) is 10.3 Å². The lowest BCUT2D eigenvalue weighted by Gasteiger charge is -2.08. The number of nitrogen functional groups attached to an aromatic ring is 1. The molecule has 3 N–H and O–H groups in total. The zero-order chi connectivity index (χ0) is 14.3. The molecule has 6 heteroatoms. The van der Waals surface area contributed by atoms with Gasteiger partial charge in [0.05, 0.1) is 11.0 Å². The molecule has 5 nitrogen and oxygen atoms in total. The molecule has 0 unspecified atom stereocenters. The summed E-state index contributed by atoms with van der Waals surface area (Å²) in [5, 5.41) is 2.88. The van der Waals surface area contributed by atoms with Crippen LogP contribution in [0.15, 0.2) is 12.1 Å². The quantitative estimate of drug-likeness (QED) is 0.890. The standard InChI is InChI=1S/C14H17FN4O/c1-8-6-12-11(7-10(8)15)18-14(16)19(12)5-4-17-13(20)9-2-3-9/h6-7,9H,2-5H2,1H3,(H2,16,18)(H,17,20). The van der Waals surface area contributed by atoms with Crippen LogP contribution in [0.4, 0.5) is 10.3 Å². The fourth-order valence-electron chi connectivity index (χ4n) is 2.28. The SMILES string of the molecule is Cc1cc2c(cc1F)nc(N)n2CCNC(=O)C1CC1. The number of aromatic nitrogens is 2. The molecule has 1 aromatic carbocycles. The second-order valence-corrected chi connectivity index (χ2v) is 5.28. The smallest absolute Gasteiger partial charge is 0.223 e. The molecule has 1 heterocycles. The number of hydrogen-bond acceptors (Lipinski definition) is 3. The van der Waals surface area contributed by atoms with Gasteiger partial charge in [0.2, 0.25) is 11.9 Å². The summed E-state index contributed by atoms with van der Waals surface area (Å²) in [5.41, 5.74) is 7.75. The number of halogens is 1. The van der Waals surface area contributed by atoms with Gasteiger partial charge in [-0.25, -0.2) is 9.37 Å². The van der Waals surface area contributed by atoms with E-state index in [1.165, 1.54) is 6.07 Å². The minimum Gasteiger partial charge on any atom is -0.369 e. The molecule has 0 spiro atoms. The molecule has 1 aromatic heterocycles. The molecule has 1 saturated carbocycles. The molecule has 1 aliphatic carbocycles. The van der Waals surface area contributed by atoms with E-state index < -0.39 is 0 Å². The van der Waals surface area contributed by atoms with Crippen molar-refractivity contribution in [2.75, 3.05) is 12.3 Å². The Balaban J connectivity index is 1.77. The van der Waals surface area contributed by atoms with E-state index in [9.17, 15) is 9.18 Å². The van der Waals surface area contributed by atoms with E-state index in [1.54, 1.807) is 17.6 Å². The third-order valence-corrected chi connectivity index (χ3v) is 3.64. The first-order valence-electron chi connectivity index (χ1n) is 6.76. The fourth-order valence-corrected chi connectivity index (χ4v) is 2.28. The van der Waals surface area contributed by atoms with Crippen LogP contribution in [0.1, 0.15) is 18.4 Å². The molecule has 2 aromatic rings. The highest BCUT2D eigenvalue weighted by Crippen LogP contribution is 2.28. The third kappa shape index (κ3) is 2.33. The topological polar surface area (TPSA) is 72.9 Å². The monoisotopic (exact) mass is 276 g/mol. The average molecular weight is 276 g/mol. The molecule has 20 heavy (non-hydrogen) atoms. The molecule has 1 aliphatic rings. The Kier molecular flexibility index (Phi) is 3.08. The Morgan fingerprint density at radius 3 is 3.00 bits per heavy atom. The van der Waals surface area contributed by atoms with Crippen LogP contribution in [0.25, 0.3) is 11.0 Å². The minimum atomic E-state index is -0.288. The highest BCUT2D eigenvalue weighted by Gasteiger charge is 2.29. The van der Waals surface area contributed by atoms with Gasteiger partial charge < -0.3 is 15.6 Å². The first-order chi connectivity index (χ1) is 9.56. The molecular formula is C14H17FN4O. The van der Waals surface area contributed by atoms with E-state index in [1.807, 2.05) is 0 Å². The van der Waals surface area contributed by atoms with E-state index >= 15 is 0 Å². The van der Waals surface area contributed by atoms with Crippen LogP contribution in [0, 0.1) is 18.7 Å². The van der Waals surface area contributed by atoms with Gasteiger partial charge in [-0.05, 0) is 31.4 Å². The highest BCUT2D eigenvalue weighted by molar-refractivity contribution is 5.81. The van der Waals surface area contributed by atoms with Crippen LogP contribution in [0.3, 0.4) is 0 Å². The van der Waals surface area contributed by atoms with Gasteiger partial charge in [0, 0.05) is 25.1 Å². The van der Waals surface area contributed by atoms with Gasteiger partial charge in [-0.15, -0.1) is 0 Å². The maximum atomic E-state index is 13.5. The summed E-state index contributed by atoms with van der Waals surface area (Å²) in [7, 11) is 0. The number of benzene rings is 1. The number of anilines is 1. The fraction of sp³-hybridized carbons (Fsp3) is 0.429. The molecule has 106 valence electrons. The number of nitrogens with two attached hydrogens (primary N) is 1. The summed E-state index contributed by atoms with van der Waals surface area (Å²) < 4.78 is 15.3. The second-order valence-electron chi connectivity index (χ2n) is 5.28. The third-order valence-electron chi connectivity index (χ3n) is 3.64. The largest absolute Gasteiger partial charge is 0.369 e. The summed E-state index contributed by atoms with van der Waals surface area (Å²) in [6, 6.07) is 3.12. The van der Waals surface area contributed by atoms with Crippen molar-refractivity contribution in [3.8, 4) is 0 Å². The number of carbonyl (C=O) groups excluding carboxylic acids is 1. The molecule has 0 aliphatic heterocycles. The molecule has 0 radical (unpaired) electrons. The van der Waals surface area contributed by atoms with Crippen molar-refractivity contribution in [3.63, 3.8) is 0 Å². The maximum Gasteiger partial charge on any atom is 0.223 e. The van der Waals surface area contributed by atoms with Gasteiger partial charge in [-0.1, -0.05) is 0 Å². The number of rotatable bonds is 4. The first kappa shape index (κ1) is 12.9. The molecule has 0 atom stereocenters. The lowest BCUT2D eigenvalue weighted by Crippen LogP contribution is -2.28. The van der Waals surface area contributed by atoms with Gasteiger partial charge >= 0.3 is 0 Å². The molecular weight excluding hydrogens is 259 g/mol. The number of nitrogens with zero attached hydrogens (tertiary/aromatic N) is 2. The Morgan fingerprint density at radius 2 is 2.30 bits per heavy atom. The molecule has 1 fully saturated rings. The van der Waals surface area contributed by atoms with Crippen molar-refractivity contribution in [3.05, 3.63) is 23.5 Å². The molecule has 1 amide bonds. The van der Waals surface area contributed by atoms with Crippen molar-refractivity contribution in [1.29, 1.82) is 0 Å². The number of amides is 1. The van der Waals surface area contributed by atoms with Crippen molar-refractivity contribution in [2.45, 2.75) is 26.3 Å². The van der Waals surface area contributed by atoms with Gasteiger partial charge in [0.15, 0.2) is 0 Å². The Labute approximate surface area is 116 Å². The first-order valence-corrected chi connectivity index (χ1v) is 6.76. The molecule has 0 bridgehead atoms. The predicted octanol–water partition coefficient (Wildman–Crippen LogP) is 1.59. The van der Waals surface area contributed by atoms with Gasteiger partial charge in [-0.2, -0.15) is 0 Å². The van der Waals surface area contributed by atoms with Crippen LogP contribution in [0.2, 0.25) is 0 Å². The van der Waals surface area contributed by atoms with Crippen LogP contribution in [-0.4, -0.2) is 22.0 Å². The minimum absolute atomic E-state index is 0.107. The zero-order valence-electron chi connectivity index (χ0n) is 11.3. The van der Waals surface area contributed by atoms with Crippen LogP contribution in [-0.2, 0) is 11.3 Å². The number of hydrogen-bond donors (Lipinski definition) is 2. The normalized spacial score (nSPS) is 14.7. The van der Waals surface area contributed by atoms with Crippen LogP contribution in [0.5, 0.6) is 0 Å². The van der Waals surface area contributed by atoms with Crippen molar-refractivity contribution >= 4 is 22.9 Å². The van der Waals surface area contributed by atoms with Gasteiger partial charge in [0.1, 0.15) is 5.82 Å². The van der Waals surface area contributed by atoms with E-state index in [0.29, 0.717) is 30.1 Å². The lowest BCUT2D eigenvalue weighted by atomic mass is 10.2. The summed E-state index contributed by atoms with van der Waals surface area (Å²) in [6.07, 6.45) is 1.97.